The van der Waals surface area contributed by atoms with Gasteiger partial charge >= 0.3 is 0 Å². The Morgan fingerprint density at radius 2 is 2.15 bits per heavy atom. The molecule has 3 N–H and O–H groups in total. The third-order valence-electron chi connectivity index (χ3n) is 5.67. The second-order valence-electron chi connectivity index (χ2n) is 7.22. The molecule has 0 aliphatic carbocycles. The monoisotopic (exact) mass is 398 g/mol. The molecule has 1 fully saturated rings. The number of carbonyl (C=O) groups is 1. The zero-order chi connectivity index (χ0) is 18.7. The molecule has 3 aromatic rings. The Bertz CT molecular complexity index is 1090. The van der Waals surface area contributed by atoms with Crippen LogP contribution >= 0.6 is 22.9 Å². The van der Waals surface area contributed by atoms with Crippen LogP contribution in [0.4, 0.5) is 17.1 Å². The van der Waals surface area contributed by atoms with Crippen molar-refractivity contribution in [3.8, 4) is 0 Å². The minimum atomic E-state index is -0.220. The summed E-state index contributed by atoms with van der Waals surface area (Å²) >= 11 is 7.52. The minimum absolute atomic E-state index is 0.220. The summed E-state index contributed by atoms with van der Waals surface area (Å²) < 4.78 is 0. The summed E-state index contributed by atoms with van der Waals surface area (Å²) in [6.07, 6.45) is 2.32. The van der Waals surface area contributed by atoms with Crippen LogP contribution in [0.5, 0.6) is 0 Å². The lowest BCUT2D eigenvalue weighted by Gasteiger charge is -2.41. The van der Waals surface area contributed by atoms with E-state index >= 15 is 0 Å². The van der Waals surface area contributed by atoms with Crippen molar-refractivity contribution < 1.29 is 4.79 Å². The van der Waals surface area contributed by atoms with Gasteiger partial charge in [0.05, 0.1) is 17.1 Å². The summed E-state index contributed by atoms with van der Waals surface area (Å²) in [6, 6.07) is 7.58. The van der Waals surface area contributed by atoms with Crippen LogP contribution < -0.4 is 16.0 Å². The zero-order valence-electron chi connectivity index (χ0n) is 14.9. The van der Waals surface area contributed by atoms with Crippen molar-refractivity contribution in [1.29, 1.82) is 0 Å². The van der Waals surface area contributed by atoms with E-state index in [2.05, 4.69) is 16.3 Å². The molecule has 3 aliphatic heterocycles. The fourth-order valence-corrected chi connectivity index (χ4v) is 5.24. The maximum atomic E-state index is 12.9. The van der Waals surface area contributed by atoms with Crippen molar-refractivity contribution >= 4 is 56.1 Å². The van der Waals surface area contributed by atoms with E-state index in [0.717, 1.165) is 41.7 Å². The smallest absolute Gasteiger partial charge is 0.267 e. The van der Waals surface area contributed by atoms with Gasteiger partial charge in [-0.3, -0.25) is 4.79 Å². The van der Waals surface area contributed by atoms with Crippen molar-refractivity contribution in [3.63, 3.8) is 0 Å². The van der Waals surface area contributed by atoms with Gasteiger partial charge in [-0.25, -0.2) is 4.98 Å². The van der Waals surface area contributed by atoms with Gasteiger partial charge in [-0.15, -0.1) is 11.3 Å². The highest BCUT2D eigenvalue weighted by molar-refractivity contribution is 7.21. The molecule has 1 saturated heterocycles. The largest absolute Gasteiger partial charge is 0.397 e. The van der Waals surface area contributed by atoms with Crippen molar-refractivity contribution in [1.82, 2.24) is 4.98 Å². The summed E-state index contributed by atoms with van der Waals surface area (Å²) in [5.41, 5.74) is 10.7. The van der Waals surface area contributed by atoms with E-state index in [9.17, 15) is 4.79 Å². The van der Waals surface area contributed by atoms with Crippen molar-refractivity contribution in [2.45, 2.75) is 25.7 Å². The number of thiophene rings is 1. The van der Waals surface area contributed by atoms with Crippen LogP contribution in [0.25, 0.3) is 10.2 Å². The summed E-state index contributed by atoms with van der Waals surface area (Å²) in [7, 11) is 0. The Kier molecular flexibility index (Phi) is 3.81. The number of fused-ring (bicyclic) bond motifs is 3. The Hall–Kier alpha value is -2.31. The van der Waals surface area contributed by atoms with Crippen LogP contribution in [0.3, 0.4) is 0 Å². The standard InChI is InChI=1S/C20H19ClN4OS/c1-10-13(21)3-2-4-14(10)23-19(26)18-16(22)12-9-15-17(24-20(12)27-18)11-5-7-25(15)8-6-11/h2-4,9,11H,5-8,22H2,1H3,(H,23,26). The molecule has 0 atom stereocenters. The fraction of sp³-hybridized carbons (Fsp3) is 0.300. The lowest BCUT2D eigenvalue weighted by molar-refractivity contribution is 0.103. The Morgan fingerprint density at radius 1 is 1.37 bits per heavy atom. The van der Waals surface area contributed by atoms with Crippen molar-refractivity contribution in [3.05, 3.63) is 45.4 Å². The van der Waals surface area contributed by atoms with Crippen LogP contribution in [0.2, 0.25) is 5.02 Å². The molecule has 138 valence electrons. The number of anilines is 3. The number of hydrogen-bond donors (Lipinski definition) is 2. The highest BCUT2D eigenvalue weighted by atomic mass is 35.5. The molecule has 0 spiro atoms. The average molecular weight is 399 g/mol. The topological polar surface area (TPSA) is 71.2 Å². The van der Waals surface area contributed by atoms with E-state index in [-0.39, 0.29) is 5.91 Å². The van der Waals surface area contributed by atoms with E-state index in [1.807, 2.05) is 19.1 Å². The van der Waals surface area contributed by atoms with Crippen molar-refractivity contribution in [2.75, 3.05) is 29.0 Å². The Balaban J connectivity index is 1.55. The van der Waals surface area contributed by atoms with E-state index in [1.54, 1.807) is 6.07 Å². The molecule has 27 heavy (non-hydrogen) atoms. The number of nitrogens with two attached hydrogens (primary N) is 1. The first-order valence-corrected chi connectivity index (χ1v) is 10.3. The van der Waals surface area contributed by atoms with Crippen LogP contribution in [-0.4, -0.2) is 24.0 Å². The molecular weight excluding hydrogens is 380 g/mol. The number of halogens is 1. The molecule has 7 heteroatoms. The van der Waals surface area contributed by atoms with E-state index in [1.165, 1.54) is 22.7 Å². The number of hydrogen-bond acceptors (Lipinski definition) is 5. The van der Waals surface area contributed by atoms with Gasteiger partial charge in [-0.2, -0.15) is 0 Å². The van der Waals surface area contributed by atoms with Crippen molar-refractivity contribution in [2.24, 2.45) is 0 Å². The molecule has 6 rings (SSSR count). The summed E-state index contributed by atoms with van der Waals surface area (Å²) in [6.45, 7) is 4.04. The number of nitrogen functional groups attached to an aromatic ring is 1. The molecule has 3 aliphatic rings. The molecule has 1 aromatic carbocycles. The van der Waals surface area contributed by atoms with Gasteiger partial charge in [0.25, 0.3) is 5.91 Å². The maximum Gasteiger partial charge on any atom is 0.267 e. The molecule has 1 amide bonds. The summed E-state index contributed by atoms with van der Waals surface area (Å²) in [4.78, 5) is 21.5. The Labute approximate surface area is 166 Å². The Morgan fingerprint density at radius 3 is 2.93 bits per heavy atom. The van der Waals surface area contributed by atoms with Crippen LogP contribution in [0, 0.1) is 6.92 Å². The zero-order valence-corrected chi connectivity index (χ0v) is 16.5. The highest BCUT2D eigenvalue weighted by Gasteiger charge is 2.33. The molecular formula is C20H19ClN4OS. The maximum absolute atomic E-state index is 12.9. The van der Waals surface area contributed by atoms with E-state index in [0.29, 0.717) is 27.2 Å². The van der Waals surface area contributed by atoms with Gasteiger partial charge in [0.2, 0.25) is 0 Å². The first-order valence-electron chi connectivity index (χ1n) is 9.07. The number of carbonyl (C=O) groups excluding carboxylic acids is 1. The average Bonchev–Trinajstić information content (AvgIpc) is 3.01. The van der Waals surface area contributed by atoms with Gasteiger partial charge in [0.1, 0.15) is 9.71 Å². The normalized spacial score (nSPS) is 16.0. The summed E-state index contributed by atoms with van der Waals surface area (Å²) in [5, 5.41) is 4.43. The number of nitrogens with one attached hydrogen (secondary N) is 1. The van der Waals surface area contributed by atoms with Gasteiger partial charge in [-0.1, -0.05) is 17.7 Å². The van der Waals surface area contributed by atoms with Gasteiger partial charge in [-0.05, 0) is 43.5 Å². The third-order valence-corrected chi connectivity index (χ3v) is 7.20. The number of piperidine rings is 1. The van der Waals surface area contributed by atoms with Gasteiger partial charge in [0.15, 0.2) is 0 Å². The summed E-state index contributed by atoms with van der Waals surface area (Å²) in [5.74, 6) is 0.311. The predicted octanol–water partition coefficient (Wildman–Crippen LogP) is 4.79. The van der Waals surface area contributed by atoms with Crippen LogP contribution in [0.1, 0.15) is 39.7 Å². The second kappa shape index (κ2) is 6.11. The molecule has 0 saturated carbocycles. The number of pyridine rings is 1. The first kappa shape index (κ1) is 16.8. The molecule has 5 heterocycles. The third kappa shape index (κ3) is 2.58. The number of rotatable bonds is 2. The predicted molar refractivity (Wildman–Crippen MR) is 112 cm³/mol. The highest BCUT2D eigenvalue weighted by Crippen LogP contribution is 2.45. The fourth-order valence-electron chi connectivity index (χ4n) is 4.08. The number of nitrogens with zero attached hydrogens (tertiary/aromatic N) is 2. The van der Waals surface area contributed by atoms with Gasteiger partial charge in [0, 0.05) is 35.1 Å². The molecule has 0 unspecified atom stereocenters. The minimum Gasteiger partial charge on any atom is -0.397 e. The quantitative estimate of drug-likeness (QED) is 0.651. The van der Waals surface area contributed by atoms with Crippen LogP contribution in [-0.2, 0) is 0 Å². The van der Waals surface area contributed by atoms with Gasteiger partial charge < -0.3 is 16.0 Å². The van der Waals surface area contributed by atoms with E-state index in [4.69, 9.17) is 22.3 Å². The SMILES string of the molecule is Cc1c(Cl)cccc1NC(=O)c1sc2nc3c(cc2c1N)N1CCC3CC1. The lowest BCUT2D eigenvalue weighted by atomic mass is 9.86. The number of benzene rings is 1. The molecule has 5 nitrogen and oxygen atoms in total. The lowest BCUT2D eigenvalue weighted by Crippen LogP contribution is -2.39. The molecule has 0 radical (unpaired) electrons. The van der Waals surface area contributed by atoms with E-state index < -0.39 is 0 Å². The second-order valence-corrected chi connectivity index (χ2v) is 8.62. The van der Waals surface area contributed by atoms with Crippen LogP contribution in [0.15, 0.2) is 24.3 Å². The number of amides is 1. The number of aromatic nitrogens is 1. The first-order chi connectivity index (χ1) is 13.0. The molecule has 2 aromatic heterocycles. The molecule has 2 bridgehead atoms.